The van der Waals surface area contributed by atoms with E-state index in [1.54, 1.807) is 21.0 Å². The second kappa shape index (κ2) is 4.74. The molecule has 0 bridgehead atoms. The van der Waals surface area contributed by atoms with Gasteiger partial charge in [-0.25, -0.2) is 0 Å². The number of methoxy groups -OCH3 is 1. The molecule has 1 rings (SSSR count). The molecule has 0 radical (unpaired) electrons. The Balaban J connectivity index is 2.85. The van der Waals surface area contributed by atoms with Gasteiger partial charge in [-0.2, -0.15) is 0 Å². The monoisotopic (exact) mass is 223 g/mol. The highest BCUT2D eigenvalue weighted by molar-refractivity contribution is 5.52. The molecule has 1 aromatic carbocycles. The van der Waals surface area contributed by atoms with Gasteiger partial charge in [0, 0.05) is 19.3 Å². The molecule has 0 heterocycles. The third kappa shape index (κ3) is 3.42. The van der Waals surface area contributed by atoms with E-state index in [9.17, 15) is 5.11 Å². The van der Waals surface area contributed by atoms with Gasteiger partial charge in [0.1, 0.15) is 5.75 Å². The molecular weight excluding hydrogens is 202 g/mol. The average molecular weight is 223 g/mol. The summed E-state index contributed by atoms with van der Waals surface area (Å²) >= 11 is 0. The van der Waals surface area contributed by atoms with Crippen molar-refractivity contribution >= 4 is 5.69 Å². The first-order valence-corrected chi connectivity index (χ1v) is 5.41. The van der Waals surface area contributed by atoms with Crippen molar-refractivity contribution in [1.82, 2.24) is 0 Å². The van der Waals surface area contributed by atoms with E-state index in [1.165, 1.54) is 0 Å². The Bertz CT molecular complexity index is 355. The minimum Gasteiger partial charge on any atom is -0.496 e. The van der Waals surface area contributed by atoms with Crippen LogP contribution in [0.5, 0.6) is 5.75 Å². The Morgan fingerprint density at radius 1 is 1.38 bits per heavy atom. The van der Waals surface area contributed by atoms with Gasteiger partial charge in [0.15, 0.2) is 0 Å². The van der Waals surface area contributed by atoms with Crippen LogP contribution in [0.15, 0.2) is 18.2 Å². The van der Waals surface area contributed by atoms with Crippen molar-refractivity contribution in [2.24, 2.45) is 0 Å². The molecule has 90 valence electrons. The first-order valence-electron chi connectivity index (χ1n) is 5.41. The van der Waals surface area contributed by atoms with Crippen LogP contribution < -0.4 is 9.64 Å². The van der Waals surface area contributed by atoms with Crippen LogP contribution in [0.4, 0.5) is 5.69 Å². The zero-order chi connectivity index (χ0) is 12.3. The number of benzene rings is 1. The standard InChI is InChI=1S/C13H21NO2/c1-10-8-11(6-7-12(10)16-5)14(4)9-13(2,3)15/h6-8,15H,9H2,1-5H3. The summed E-state index contributed by atoms with van der Waals surface area (Å²) in [5.41, 5.74) is 1.49. The molecule has 0 aliphatic rings. The maximum absolute atomic E-state index is 9.75. The van der Waals surface area contributed by atoms with Gasteiger partial charge < -0.3 is 14.7 Å². The Morgan fingerprint density at radius 3 is 2.44 bits per heavy atom. The highest BCUT2D eigenvalue weighted by Crippen LogP contribution is 2.24. The molecule has 0 atom stereocenters. The second-order valence-corrected chi connectivity index (χ2v) is 4.82. The third-order valence-electron chi connectivity index (χ3n) is 2.44. The number of anilines is 1. The van der Waals surface area contributed by atoms with Crippen molar-refractivity contribution in [3.05, 3.63) is 23.8 Å². The van der Waals surface area contributed by atoms with Crippen molar-refractivity contribution in [2.45, 2.75) is 26.4 Å². The van der Waals surface area contributed by atoms with Crippen LogP contribution in [0.3, 0.4) is 0 Å². The van der Waals surface area contributed by atoms with Crippen molar-refractivity contribution in [1.29, 1.82) is 0 Å². The summed E-state index contributed by atoms with van der Waals surface area (Å²) in [5, 5.41) is 9.75. The molecule has 0 aromatic heterocycles. The first-order chi connectivity index (χ1) is 7.33. The van der Waals surface area contributed by atoms with E-state index < -0.39 is 5.60 Å². The molecule has 0 unspecified atom stereocenters. The predicted octanol–water partition coefficient (Wildman–Crippen LogP) is 2.21. The summed E-state index contributed by atoms with van der Waals surface area (Å²) in [4.78, 5) is 2.03. The zero-order valence-electron chi connectivity index (χ0n) is 10.7. The SMILES string of the molecule is COc1ccc(N(C)CC(C)(C)O)cc1C. The van der Waals surface area contributed by atoms with Crippen molar-refractivity contribution < 1.29 is 9.84 Å². The number of hydrogen-bond donors (Lipinski definition) is 1. The van der Waals surface area contributed by atoms with Gasteiger partial charge in [-0.05, 0) is 44.5 Å². The lowest BCUT2D eigenvalue weighted by molar-refractivity contribution is 0.0886. The molecule has 16 heavy (non-hydrogen) atoms. The number of aliphatic hydroxyl groups is 1. The van der Waals surface area contributed by atoms with Gasteiger partial charge in [0.2, 0.25) is 0 Å². The molecule has 3 heteroatoms. The number of likely N-dealkylation sites (N-methyl/N-ethyl adjacent to an activating group) is 1. The normalized spacial score (nSPS) is 11.4. The number of aryl methyl sites for hydroxylation is 1. The molecule has 0 fully saturated rings. The summed E-state index contributed by atoms with van der Waals surface area (Å²) in [5.74, 6) is 0.889. The number of nitrogens with zero attached hydrogens (tertiary/aromatic N) is 1. The van der Waals surface area contributed by atoms with E-state index in [-0.39, 0.29) is 0 Å². The first kappa shape index (κ1) is 12.8. The summed E-state index contributed by atoms with van der Waals surface area (Å²) in [6.45, 7) is 6.22. The lowest BCUT2D eigenvalue weighted by Gasteiger charge is -2.27. The summed E-state index contributed by atoms with van der Waals surface area (Å²) in [7, 11) is 3.64. The minimum atomic E-state index is -0.692. The molecule has 0 saturated carbocycles. The maximum atomic E-state index is 9.75. The van der Waals surface area contributed by atoms with E-state index in [2.05, 4.69) is 6.07 Å². The second-order valence-electron chi connectivity index (χ2n) is 4.82. The quantitative estimate of drug-likeness (QED) is 0.849. The van der Waals surface area contributed by atoms with Gasteiger partial charge in [-0.3, -0.25) is 0 Å². The maximum Gasteiger partial charge on any atom is 0.121 e. The molecule has 0 spiro atoms. The van der Waals surface area contributed by atoms with Gasteiger partial charge in [0.25, 0.3) is 0 Å². The van der Waals surface area contributed by atoms with E-state index in [4.69, 9.17) is 4.74 Å². The summed E-state index contributed by atoms with van der Waals surface area (Å²) in [6.07, 6.45) is 0. The highest BCUT2D eigenvalue weighted by atomic mass is 16.5. The van der Waals surface area contributed by atoms with Crippen LogP contribution in [0, 0.1) is 6.92 Å². The van der Waals surface area contributed by atoms with E-state index in [0.29, 0.717) is 6.54 Å². The van der Waals surface area contributed by atoms with Crippen molar-refractivity contribution in [2.75, 3.05) is 25.6 Å². The molecular formula is C13H21NO2. The molecule has 0 saturated heterocycles. The highest BCUT2D eigenvalue weighted by Gasteiger charge is 2.16. The largest absolute Gasteiger partial charge is 0.496 e. The van der Waals surface area contributed by atoms with Crippen molar-refractivity contribution in [3.63, 3.8) is 0 Å². The zero-order valence-corrected chi connectivity index (χ0v) is 10.7. The molecule has 1 N–H and O–H groups in total. The molecule has 0 aliphatic carbocycles. The van der Waals surface area contributed by atoms with E-state index >= 15 is 0 Å². The Kier molecular flexibility index (Phi) is 3.81. The lowest BCUT2D eigenvalue weighted by Crippen LogP contribution is -2.36. The average Bonchev–Trinajstić information content (AvgIpc) is 2.15. The van der Waals surface area contributed by atoms with Crippen molar-refractivity contribution in [3.8, 4) is 5.75 Å². The molecule has 0 aliphatic heterocycles. The van der Waals surface area contributed by atoms with Crippen LogP contribution in [0.2, 0.25) is 0 Å². The lowest BCUT2D eigenvalue weighted by atomic mass is 10.1. The fourth-order valence-corrected chi connectivity index (χ4v) is 1.77. The Labute approximate surface area is 97.7 Å². The van der Waals surface area contributed by atoms with E-state index in [1.807, 2.05) is 31.0 Å². The fourth-order valence-electron chi connectivity index (χ4n) is 1.77. The molecule has 3 nitrogen and oxygen atoms in total. The minimum absolute atomic E-state index is 0.596. The van der Waals surface area contributed by atoms with Crippen LogP contribution in [0.1, 0.15) is 19.4 Å². The van der Waals surface area contributed by atoms with E-state index in [0.717, 1.165) is 17.0 Å². The third-order valence-corrected chi connectivity index (χ3v) is 2.44. The Morgan fingerprint density at radius 2 is 2.00 bits per heavy atom. The number of ether oxygens (including phenoxy) is 1. The predicted molar refractivity (Wildman–Crippen MR) is 67.3 cm³/mol. The number of hydrogen-bond acceptors (Lipinski definition) is 3. The van der Waals surface area contributed by atoms with Crippen LogP contribution in [0.25, 0.3) is 0 Å². The van der Waals surface area contributed by atoms with Gasteiger partial charge in [-0.15, -0.1) is 0 Å². The summed E-state index contributed by atoms with van der Waals surface area (Å²) in [6, 6.07) is 6.01. The number of rotatable bonds is 4. The molecule has 0 amide bonds. The Hall–Kier alpha value is -1.22. The van der Waals surface area contributed by atoms with Crippen LogP contribution in [-0.2, 0) is 0 Å². The van der Waals surface area contributed by atoms with Gasteiger partial charge in [-0.1, -0.05) is 0 Å². The summed E-state index contributed by atoms with van der Waals surface area (Å²) < 4.78 is 5.21. The van der Waals surface area contributed by atoms with Gasteiger partial charge >= 0.3 is 0 Å². The van der Waals surface area contributed by atoms with Gasteiger partial charge in [0.05, 0.1) is 12.7 Å². The fraction of sp³-hybridized carbons (Fsp3) is 0.538. The van der Waals surface area contributed by atoms with Crippen LogP contribution >= 0.6 is 0 Å². The molecule has 1 aromatic rings. The topological polar surface area (TPSA) is 32.7 Å². The smallest absolute Gasteiger partial charge is 0.121 e. The van der Waals surface area contributed by atoms with Crippen LogP contribution in [-0.4, -0.2) is 31.4 Å².